The first-order valence-electron chi connectivity index (χ1n) is 7.81. The van der Waals surface area contributed by atoms with E-state index in [1.807, 2.05) is 35.8 Å². The summed E-state index contributed by atoms with van der Waals surface area (Å²) < 4.78 is 19.6. The van der Waals surface area contributed by atoms with Gasteiger partial charge in [-0.25, -0.2) is 9.38 Å². The zero-order chi connectivity index (χ0) is 15.9. The molecule has 1 saturated heterocycles. The molecule has 130 valence electrons. The van der Waals surface area contributed by atoms with E-state index in [2.05, 4.69) is 4.99 Å². The molecular formula is C16H26FIN4O. The Kier molecular flexibility index (Phi) is 8.60. The number of hydrogen-bond acceptors (Lipinski definition) is 3. The molecule has 1 aromatic carbocycles. The fraction of sp³-hybridized carbons (Fsp3) is 0.562. The number of nitrogens with zero attached hydrogens (tertiary/aromatic N) is 3. The fourth-order valence-corrected chi connectivity index (χ4v) is 2.53. The lowest BCUT2D eigenvalue weighted by Crippen LogP contribution is -2.37. The topological polar surface area (TPSA) is 54.1 Å². The number of benzene rings is 1. The van der Waals surface area contributed by atoms with Crippen molar-refractivity contribution in [3.05, 3.63) is 29.6 Å². The smallest absolute Gasteiger partial charge is 0.191 e. The van der Waals surface area contributed by atoms with Gasteiger partial charge < -0.3 is 20.3 Å². The summed E-state index contributed by atoms with van der Waals surface area (Å²) in [6.45, 7) is 8.82. The zero-order valence-corrected chi connectivity index (χ0v) is 16.1. The van der Waals surface area contributed by atoms with E-state index >= 15 is 0 Å². The van der Waals surface area contributed by atoms with Crippen LogP contribution in [0.4, 0.5) is 10.1 Å². The predicted molar refractivity (Wildman–Crippen MR) is 103 cm³/mol. The SMILES string of the molecule is CCN(CC)C(N)=NCc1ccc(N2CCOCC2)c(F)c1.I. The van der Waals surface area contributed by atoms with E-state index in [4.69, 9.17) is 10.5 Å². The molecule has 0 saturated carbocycles. The van der Waals surface area contributed by atoms with Crippen LogP contribution in [-0.4, -0.2) is 50.3 Å². The minimum atomic E-state index is -0.212. The van der Waals surface area contributed by atoms with Crippen LogP contribution in [0.3, 0.4) is 0 Å². The van der Waals surface area contributed by atoms with Gasteiger partial charge in [0.15, 0.2) is 5.96 Å². The average Bonchev–Trinajstić information content (AvgIpc) is 2.55. The molecule has 1 fully saturated rings. The lowest BCUT2D eigenvalue weighted by molar-refractivity contribution is 0.122. The van der Waals surface area contributed by atoms with Gasteiger partial charge in [0.25, 0.3) is 0 Å². The molecule has 1 aliphatic heterocycles. The molecule has 0 spiro atoms. The van der Waals surface area contributed by atoms with Gasteiger partial charge in [-0.1, -0.05) is 6.07 Å². The zero-order valence-electron chi connectivity index (χ0n) is 13.8. The van der Waals surface area contributed by atoms with Crippen LogP contribution in [0.1, 0.15) is 19.4 Å². The van der Waals surface area contributed by atoms with Crippen molar-refractivity contribution in [2.45, 2.75) is 20.4 Å². The second-order valence-electron chi connectivity index (χ2n) is 5.23. The molecule has 0 aromatic heterocycles. The maximum Gasteiger partial charge on any atom is 0.191 e. The van der Waals surface area contributed by atoms with Crippen LogP contribution in [-0.2, 0) is 11.3 Å². The van der Waals surface area contributed by atoms with Crippen molar-refractivity contribution in [2.24, 2.45) is 10.7 Å². The van der Waals surface area contributed by atoms with Crippen LogP contribution in [0.2, 0.25) is 0 Å². The van der Waals surface area contributed by atoms with Gasteiger partial charge in [0.05, 0.1) is 25.4 Å². The molecule has 0 amide bonds. The largest absolute Gasteiger partial charge is 0.378 e. The average molecular weight is 436 g/mol. The Balaban J connectivity index is 0.00000264. The molecule has 23 heavy (non-hydrogen) atoms. The normalized spacial score (nSPS) is 15.3. The fourth-order valence-electron chi connectivity index (χ4n) is 2.53. The number of nitrogens with two attached hydrogens (primary N) is 1. The summed E-state index contributed by atoms with van der Waals surface area (Å²) in [4.78, 5) is 8.32. The molecule has 7 heteroatoms. The van der Waals surface area contributed by atoms with Crippen molar-refractivity contribution in [3.63, 3.8) is 0 Å². The van der Waals surface area contributed by atoms with Crippen molar-refractivity contribution < 1.29 is 9.13 Å². The monoisotopic (exact) mass is 436 g/mol. The molecule has 0 radical (unpaired) electrons. The lowest BCUT2D eigenvalue weighted by Gasteiger charge is -2.29. The third-order valence-corrected chi connectivity index (χ3v) is 3.87. The second-order valence-corrected chi connectivity index (χ2v) is 5.23. The first-order valence-corrected chi connectivity index (χ1v) is 7.81. The predicted octanol–water partition coefficient (Wildman–Crippen LogP) is 2.44. The minimum Gasteiger partial charge on any atom is -0.378 e. The standard InChI is InChI=1S/C16H25FN4O.HI/c1-3-20(4-2)16(18)19-12-13-5-6-15(14(17)11-13)21-7-9-22-10-8-21;/h5-6,11H,3-4,7-10,12H2,1-2H3,(H2,18,19);1H. The minimum absolute atomic E-state index is 0. The molecule has 0 unspecified atom stereocenters. The number of aliphatic imine (C=N–C) groups is 1. The highest BCUT2D eigenvalue weighted by Crippen LogP contribution is 2.22. The van der Waals surface area contributed by atoms with E-state index in [0.29, 0.717) is 31.4 Å². The summed E-state index contributed by atoms with van der Waals surface area (Å²) >= 11 is 0. The molecule has 0 aliphatic carbocycles. The molecule has 0 bridgehead atoms. The van der Waals surface area contributed by atoms with E-state index < -0.39 is 0 Å². The van der Waals surface area contributed by atoms with E-state index in [0.717, 1.165) is 31.7 Å². The summed E-state index contributed by atoms with van der Waals surface area (Å²) in [6, 6.07) is 5.27. The van der Waals surface area contributed by atoms with Crippen LogP contribution < -0.4 is 10.6 Å². The van der Waals surface area contributed by atoms with Gasteiger partial charge in [0.1, 0.15) is 5.82 Å². The van der Waals surface area contributed by atoms with Crippen LogP contribution in [0.15, 0.2) is 23.2 Å². The molecule has 0 atom stereocenters. The molecular weight excluding hydrogens is 410 g/mol. The first-order chi connectivity index (χ1) is 10.7. The Hall–Kier alpha value is -1.09. The van der Waals surface area contributed by atoms with Crippen LogP contribution >= 0.6 is 24.0 Å². The third kappa shape index (κ3) is 5.49. The highest BCUT2D eigenvalue weighted by molar-refractivity contribution is 14.0. The van der Waals surface area contributed by atoms with Gasteiger partial charge in [0.2, 0.25) is 0 Å². The maximum absolute atomic E-state index is 14.3. The van der Waals surface area contributed by atoms with Gasteiger partial charge in [-0.2, -0.15) is 0 Å². The number of halogens is 2. The van der Waals surface area contributed by atoms with Gasteiger partial charge in [-0.3, -0.25) is 0 Å². The van der Waals surface area contributed by atoms with Crippen molar-refractivity contribution >= 4 is 35.6 Å². The lowest BCUT2D eigenvalue weighted by atomic mass is 10.1. The first kappa shape index (κ1) is 20.0. The van der Waals surface area contributed by atoms with Crippen molar-refractivity contribution in [1.82, 2.24) is 4.90 Å². The molecule has 1 heterocycles. The number of ether oxygens (including phenoxy) is 1. The number of guanidine groups is 1. The van der Waals surface area contributed by atoms with Crippen LogP contribution in [0.5, 0.6) is 0 Å². The molecule has 5 nitrogen and oxygen atoms in total. The van der Waals surface area contributed by atoms with Crippen molar-refractivity contribution in [3.8, 4) is 0 Å². The number of anilines is 1. The Labute approximate surface area is 154 Å². The highest BCUT2D eigenvalue weighted by atomic mass is 127. The second kappa shape index (κ2) is 9.92. The summed E-state index contributed by atoms with van der Waals surface area (Å²) in [5.41, 5.74) is 7.39. The summed E-state index contributed by atoms with van der Waals surface area (Å²) in [7, 11) is 0. The van der Waals surface area contributed by atoms with Crippen LogP contribution in [0.25, 0.3) is 0 Å². The van der Waals surface area contributed by atoms with E-state index in [1.54, 1.807) is 6.07 Å². The van der Waals surface area contributed by atoms with Crippen molar-refractivity contribution in [2.75, 3.05) is 44.3 Å². The number of rotatable bonds is 5. The van der Waals surface area contributed by atoms with E-state index in [-0.39, 0.29) is 29.8 Å². The van der Waals surface area contributed by atoms with Crippen molar-refractivity contribution in [1.29, 1.82) is 0 Å². The maximum atomic E-state index is 14.3. The van der Waals surface area contributed by atoms with Gasteiger partial charge in [0, 0.05) is 26.2 Å². The Morgan fingerprint density at radius 1 is 1.30 bits per heavy atom. The highest BCUT2D eigenvalue weighted by Gasteiger charge is 2.15. The molecule has 2 N–H and O–H groups in total. The number of morpholine rings is 1. The Bertz CT molecular complexity index is 517. The summed E-state index contributed by atoms with van der Waals surface area (Å²) in [5.74, 6) is 0.290. The molecule has 2 rings (SSSR count). The molecule has 1 aliphatic rings. The van der Waals surface area contributed by atoms with Gasteiger partial charge in [-0.05, 0) is 31.5 Å². The van der Waals surface area contributed by atoms with E-state index in [9.17, 15) is 4.39 Å². The van der Waals surface area contributed by atoms with E-state index in [1.165, 1.54) is 0 Å². The van der Waals surface area contributed by atoms with Gasteiger partial charge >= 0.3 is 0 Å². The Morgan fingerprint density at radius 3 is 2.52 bits per heavy atom. The summed E-state index contributed by atoms with van der Waals surface area (Å²) in [5, 5.41) is 0. The number of hydrogen-bond donors (Lipinski definition) is 1. The van der Waals surface area contributed by atoms with Crippen LogP contribution in [0, 0.1) is 5.82 Å². The molecule has 1 aromatic rings. The van der Waals surface area contributed by atoms with Gasteiger partial charge in [-0.15, -0.1) is 24.0 Å². The Morgan fingerprint density at radius 2 is 1.96 bits per heavy atom. The summed E-state index contributed by atoms with van der Waals surface area (Å²) in [6.07, 6.45) is 0. The third-order valence-electron chi connectivity index (χ3n) is 3.87. The quantitative estimate of drug-likeness (QED) is 0.438.